The van der Waals surface area contributed by atoms with Crippen molar-refractivity contribution >= 4 is 5.91 Å². The number of halogens is 1. The maximum Gasteiger partial charge on any atom is 0.269 e. The van der Waals surface area contributed by atoms with Gasteiger partial charge in [0, 0.05) is 25.4 Å². The highest BCUT2D eigenvalue weighted by atomic mass is 19.1. The lowest BCUT2D eigenvalue weighted by molar-refractivity contribution is 0.0958. The molecule has 0 fully saturated rings. The first-order valence-corrected chi connectivity index (χ1v) is 5.72. The van der Waals surface area contributed by atoms with Crippen LogP contribution >= 0.6 is 0 Å². The molecule has 19 heavy (non-hydrogen) atoms. The van der Waals surface area contributed by atoms with Crippen molar-refractivity contribution in [3.63, 3.8) is 0 Å². The van der Waals surface area contributed by atoms with Crippen LogP contribution in [0.4, 0.5) is 4.39 Å². The molecule has 5 heteroatoms. The Kier molecular flexibility index (Phi) is 3.75. The van der Waals surface area contributed by atoms with Crippen molar-refractivity contribution in [2.75, 3.05) is 7.05 Å². The molecule has 0 radical (unpaired) electrons. The summed E-state index contributed by atoms with van der Waals surface area (Å²) in [7, 11) is 1.52. The molecule has 1 aromatic carbocycles. The maximum atomic E-state index is 13.4. The van der Waals surface area contributed by atoms with E-state index < -0.39 is 0 Å². The van der Waals surface area contributed by atoms with Crippen LogP contribution in [0.15, 0.2) is 36.5 Å². The third-order valence-corrected chi connectivity index (χ3v) is 2.57. The van der Waals surface area contributed by atoms with Crippen LogP contribution in [-0.2, 0) is 0 Å². The van der Waals surface area contributed by atoms with Crippen molar-refractivity contribution in [3.8, 4) is 11.5 Å². The Morgan fingerprint density at radius 2 is 2.00 bits per heavy atom. The van der Waals surface area contributed by atoms with Crippen LogP contribution in [0, 0.1) is 12.7 Å². The Morgan fingerprint density at radius 3 is 2.68 bits per heavy atom. The fourth-order valence-electron chi connectivity index (χ4n) is 1.50. The summed E-state index contributed by atoms with van der Waals surface area (Å²) in [4.78, 5) is 15.3. The predicted molar refractivity (Wildman–Crippen MR) is 68.8 cm³/mol. The van der Waals surface area contributed by atoms with Gasteiger partial charge in [0.15, 0.2) is 0 Å². The van der Waals surface area contributed by atoms with Crippen LogP contribution in [0.3, 0.4) is 0 Å². The monoisotopic (exact) mass is 260 g/mol. The second-order valence-corrected chi connectivity index (χ2v) is 3.97. The highest BCUT2D eigenvalue weighted by molar-refractivity contribution is 5.92. The van der Waals surface area contributed by atoms with Gasteiger partial charge in [-0.2, -0.15) is 0 Å². The summed E-state index contributed by atoms with van der Waals surface area (Å²) in [5.74, 6) is 0.160. The summed E-state index contributed by atoms with van der Waals surface area (Å²) in [6, 6.07) is 7.69. The number of aromatic nitrogens is 1. The number of nitrogens with zero attached hydrogens (tertiary/aromatic N) is 1. The van der Waals surface area contributed by atoms with Crippen molar-refractivity contribution in [3.05, 3.63) is 53.6 Å². The van der Waals surface area contributed by atoms with E-state index in [0.717, 1.165) is 0 Å². The molecule has 98 valence electrons. The van der Waals surface area contributed by atoms with Gasteiger partial charge >= 0.3 is 0 Å². The van der Waals surface area contributed by atoms with E-state index in [1.807, 2.05) is 0 Å². The molecule has 0 bridgehead atoms. The average molecular weight is 260 g/mol. The van der Waals surface area contributed by atoms with Gasteiger partial charge in [-0.15, -0.1) is 0 Å². The number of benzene rings is 1. The maximum absolute atomic E-state index is 13.4. The zero-order chi connectivity index (χ0) is 13.8. The summed E-state index contributed by atoms with van der Waals surface area (Å²) in [5, 5.41) is 2.47. The fourth-order valence-corrected chi connectivity index (χ4v) is 1.50. The van der Waals surface area contributed by atoms with Gasteiger partial charge in [0.2, 0.25) is 0 Å². The smallest absolute Gasteiger partial charge is 0.269 e. The number of amides is 1. The van der Waals surface area contributed by atoms with E-state index in [2.05, 4.69) is 10.3 Å². The van der Waals surface area contributed by atoms with Gasteiger partial charge in [-0.25, -0.2) is 4.39 Å². The third-order valence-electron chi connectivity index (χ3n) is 2.57. The number of hydrogen-bond acceptors (Lipinski definition) is 3. The van der Waals surface area contributed by atoms with Crippen molar-refractivity contribution in [2.45, 2.75) is 6.92 Å². The molecule has 0 aliphatic heterocycles. The molecule has 0 aliphatic rings. The molecule has 0 spiro atoms. The number of ether oxygens (including phenoxy) is 1. The van der Waals surface area contributed by atoms with Gasteiger partial charge in [-0.3, -0.25) is 9.78 Å². The van der Waals surface area contributed by atoms with E-state index in [1.165, 1.54) is 25.4 Å². The van der Waals surface area contributed by atoms with Crippen molar-refractivity contribution < 1.29 is 13.9 Å². The van der Waals surface area contributed by atoms with E-state index in [4.69, 9.17) is 4.74 Å². The highest BCUT2D eigenvalue weighted by Gasteiger charge is 2.07. The number of nitrogens with one attached hydrogen (secondary N) is 1. The minimum absolute atomic E-state index is 0.243. The lowest BCUT2D eigenvalue weighted by Crippen LogP contribution is -2.18. The highest BCUT2D eigenvalue weighted by Crippen LogP contribution is 2.23. The summed E-state index contributed by atoms with van der Waals surface area (Å²) in [6.45, 7) is 1.68. The van der Waals surface area contributed by atoms with E-state index in [0.29, 0.717) is 17.1 Å². The Balaban J connectivity index is 2.23. The molecule has 0 unspecified atom stereocenters. The standard InChI is InChI=1S/C14H13FN2O2/c1-9-3-4-10(7-12(9)15)19-11-5-6-17-13(8-11)14(18)16-2/h3-8H,1-2H3,(H,16,18). The zero-order valence-corrected chi connectivity index (χ0v) is 10.6. The molecule has 0 aliphatic carbocycles. The first-order chi connectivity index (χ1) is 9.10. The minimum Gasteiger partial charge on any atom is -0.457 e. The zero-order valence-electron chi connectivity index (χ0n) is 10.6. The van der Waals surface area contributed by atoms with Gasteiger partial charge in [0.05, 0.1) is 0 Å². The molecule has 0 saturated carbocycles. The van der Waals surface area contributed by atoms with Crippen molar-refractivity contribution in [1.82, 2.24) is 10.3 Å². The largest absolute Gasteiger partial charge is 0.457 e. The Bertz CT molecular complexity index is 614. The normalized spacial score (nSPS) is 10.1. The molecule has 1 N–H and O–H groups in total. The van der Waals surface area contributed by atoms with E-state index >= 15 is 0 Å². The summed E-state index contributed by atoms with van der Waals surface area (Å²) < 4.78 is 18.9. The van der Waals surface area contributed by atoms with E-state index in [-0.39, 0.29) is 17.4 Å². The second-order valence-electron chi connectivity index (χ2n) is 3.97. The van der Waals surface area contributed by atoms with Crippen LogP contribution in [0.1, 0.15) is 16.1 Å². The van der Waals surface area contributed by atoms with E-state index in [9.17, 15) is 9.18 Å². The molecule has 1 aromatic heterocycles. The van der Waals surface area contributed by atoms with Crippen molar-refractivity contribution in [1.29, 1.82) is 0 Å². The summed E-state index contributed by atoms with van der Waals surface area (Å²) in [5.41, 5.74) is 0.792. The van der Waals surface area contributed by atoms with Gasteiger partial charge < -0.3 is 10.1 Å². The number of hydrogen-bond donors (Lipinski definition) is 1. The van der Waals surface area contributed by atoms with Gasteiger partial charge in [0.1, 0.15) is 23.0 Å². The molecular formula is C14H13FN2O2. The Labute approximate surface area is 110 Å². The van der Waals surface area contributed by atoms with Crippen LogP contribution in [0.25, 0.3) is 0 Å². The number of rotatable bonds is 3. The van der Waals surface area contributed by atoms with Gasteiger partial charge in [-0.05, 0) is 24.6 Å². The minimum atomic E-state index is -0.335. The molecule has 4 nitrogen and oxygen atoms in total. The number of carbonyl (C=O) groups is 1. The van der Waals surface area contributed by atoms with E-state index in [1.54, 1.807) is 25.1 Å². The molecular weight excluding hydrogens is 247 g/mol. The number of carbonyl (C=O) groups excluding carboxylic acids is 1. The Morgan fingerprint density at radius 1 is 1.26 bits per heavy atom. The molecule has 2 aromatic rings. The predicted octanol–water partition coefficient (Wildman–Crippen LogP) is 2.68. The van der Waals surface area contributed by atoms with Gasteiger partial charge in [0.25, 0.3) is 5.91 Å². The molecule has 2 rings (SSSR count). The number of aryl methyl sites for hydroxylation is 1. The first-order valence-electron chi connectivity index (χ1n) is 5.72. The molecule has 0 saturated heterocycles. The summed E-state index contributed by atoms with van der Waals surface area (Å²) >= 11 is 0. The van der Waals surface area contributed by atoms with Crippen molar-refractivity contribution in [2.24, 2.45) is 0 Å². The van der Waals surface area contributed by atoms with Crippen LogP contribution in [0.5, 0.6) is 11.5 Å². The molecule has 1 heterocycles. The Hall–Kier alpha value is -2.43. The van der Waals surface area contributed by atoms with Crippen LogP contribution in [0.2, 0.25) is 0 Å². The first kappa shape index (κ1) is 13.0. The topological polar surface area (TPSA) is 51.2 Å². The lowest BCUT2D eigenvalue weighted by atomic mass is 10.2. The molecule has 1 amide bonds. The van der Waals surface area contributed by atoms with Crippen LogP contribution < -0.4 is 10.1 Å². The van der Waals surface area contributed by atoms with Gasteiger partial charge in [-0.1, -0.05) is 6.07 Å². The lowest BCUT2D eigenvalue weighted by Gasteiger charge is -2.07. The fraction of sp³-hybridized carbons (Fsp3) is 0.143. The average Bonchev–Trinajstić information content (AvgIpc) is 2.42. The quantitative estimate of drug-likeness (QED) is 0.923. The number of pyridine rings is 1. The SMILES string of the molecule is CNC(=O)c1cc(Oc2ccc(C)c(F)c2)ccn1. The summed E-state index contributed by atoms with van der Waals surface area (Å²) in [6.07, 6.45) is 1.46. The van der Waals surface area contributed by atoms with Crippen LogP contribution in [-0.4, -0.2) is 17.9 Å². The third kappa shape index (κ3) is 3.07. The second kappa shape index (κ2) is 5.48. The molecule has 0 atom stereocenters.